The normalized spacial score (nSPS) is 20.1. The molecular formula is C22H28N4O3S. The topological polar surface area (TPSA) is 84.4 Å². The number of benzene rings is 1. The molecule has 0 bridgehead atoms. The number of nitrogens with zero attached hydrogens (tertiary/aromatic N) is 3. The summed E-state index contributed by atoms with van der Waals surface area (Å²) in [5, 5.41) is 12.3. The molecule has 1 aromatic carbocycles. The largest absolute Gasteiger partial charge is 0.377 e. The lowest BCUT2D eigenvalue weighted by Gasteiger charge is -2.50. The molecule has 160 valence electrons. The van der Waals surface area contributed by atoms with Crippen LogP contribution in [0.3, 0.4) is 0 Å². The molecule has 1 aliphatic heterocycles. The summed E-state index contributed by atoms with van der Waals surface area (Å²) >= 11 is 1.31. The van der Waals surface area contributed by atoms with Crippen molar-refractivity contribution < 1.29 is 14.3 Å². The fraction of sp³-hybridized carbons (Fsp3) is 0.545. The van der Waals surface area contributed by atoms with Crippen molar-refractivity contribution in [2.24, 2.45) is 5.92 Å². The van der Waals surface area contributed by atoms with E-state index in [-0.39, 0.29) is 11.8 Å². The van der Waals surface area contributed by atoms with Gasteiger partial charge in [0.1, 0.15) is 11.6 Å². The van der Waals surface area contributed by atoms with E-state index in [1.54, 1.807) is 7.11 Å². The van der Waals surface area contributed by atoms with Crippen molar-refractivity contribution in [3.8, 4) is 0 Å². The predicted molar refractivity (Wildman–Crippen MR) is 116 cm³/mol. The lowest BCUT2D eigenvalue weighted by Crippen LogP contribution is -2.60. The molecule has 1 aromatic heterocycles. The van der Waals surface area contributed by atoms with Crippen LogP contribution in [0.25, 0.3) is 0 Å². The minimum atomic E-state index is -0.486. The van der Waals surface area contributed by atoms with Crippen molar-refractivity contribution in [3.63, 3.8) is 0 Å². The number of nitrogens with one attached hydrogen (secondary N) is 1. The standard InChI is InChI=1S/C22H28N4O3S/c1-14(2)12-26-20(28)16-9-5-4-8-15(16)18(22(26)10-6-7-11-22)19(27)23-21-25-24-17(30-21)13-29-3/h4-5,8-9,14,18H,6-7,10-13H2,1-3H3,(H,23,25,27)/t18-/m1/s1. The number of carbonyl (C=O) groups excluding carboxylic acids is 2. The van der Waals surface area contributed by atoms with Crippen LogP contribution < -0.4 is 5.32 Å². The Labute approximate surface area is 180 Å². The average molecular weight is 429 g/mol. The molecule has 1 saturated carbocycles. The zero-order chi connectivity index (χ0) is 21.3. The molecule has 1 atom stereocenters. The Morgan fingerprint density at radius 1 is 1.30 bits per heavy atom. The lowest BCUT2D eigenvalue weighted by molar-refractivity contribution is -0.121. The van der Waals surface area contributed by atoms with Gasteiger partial charge < -0.3 is 9.64 Å². The van der Waals surface area contributed by atoms with Gasteiger partial charge in [-0.1, -0.05) is 56.2 Å². The summed E-state index contributed by atoms with van der Waals surface area (Å²) in [6.07, 6.45) is 3.71. The first-order valence-corrected chi connectivity index (χ1v) is 11.3. The van der Waals surface area contributed by atoms with Crippen LogP contribution in [0.4, 0.5) is 5.13 Å². The van der Waals surface area contributed by atoms with Gasteiger partial charge in [0.2, 0.25) is 11.0 Å². The van der Waals surface area contributed by atoms with Gasteiger partial charge in [-0.3, -0.25) is 14.9 Å². The first-order chi connectivity index (χ1) is 14.5. The smallest absolute Gasteiger partial charge is 0.254 e. The number of methoxy groups -OCH3 is 1. The third kappa shape index (κ3) is 3.63. The molecule has 1 fully saturated rings. The fourth-order valence-electron chi connectivity index (χ4n) is 4.96. The van der Waals surface area contributed by atoms with E-state index in [0.29, 0.717) is 34.8 Å². The molecule has 1 N–H and O–H groups in total. The third-order valence-electron chi connectivity index (χ3n) is 6.07. The van der Waals surface area contributed by atoms with Crippen LogP contribution in [0.15, 0.2) is 24.3 Å². The Balaban J connectivity index is 1.75. The van der Waals surface area contributed by atoms with Crippen LogP contribution in [-0.2, 0) is 16.1 Å². The van der Waals surface area contributed by atoms with E-state index >= 15 is 0 Å². The second-order valence-corrected chi connectivity index (χ2v) is 9.63. The maximum atomic E-state index is 13.7. The lowest BCUT2D eigenvalue weighted by atomic mass is 9.70. The van der Waals surface area contributed by atoms with E-state index in [0.717, 1.165) is 31.2 Å². The predicted octanol–water partition coefficient (Wildman–Crippen LogP) is 3.83. The number of rotatable bonds is 6. The summed E-state index contributed by atoms with van der Waals surface area (Å²) < 4.78 is 5.10. The highest BCUT2D eigenvalue weighted by Crippen LogP contribution is 2.50. The summed E-state index contributed by atoms with van der Waals surface area (Å²) in [6.45, 7) is 5.24. The molecule has 2 aromatic rings. The zero-order valence-electron chi connectivity index (χ0n) is 17.7. The van der Waals surface area contributed by atoms with Gasteiger partial charge in [-0.25, -0.2) is 0 Å². The Morgan fingerprint density at radius 2 is 2.03 bits per heavy atom. The number of fused-ring (bicyclic) bond motifs is 1. The van der Waals surface area contributed by atoms with Crippen LogP contribution in [0, 0.1) is 5.92 Å². The molecule has 2 aliphatic rings. The number of carbonyl (C=O) groups is 2. The van der Waals surface area contributed by atoms with Gasteiger partial charge in [-0.2, -0.15) is 0 Å². The molecule has 1 aliphatic carbocycles. The molecule has 4 rings (SSSR count). The summed E-state index contributed by atoms with van der Waals surface area (Å²) in [5.74, 6) is -0.183. The van der Waals surface area contributed by atoms with Crippen molar-refractivity contribution in [2.45, 2.75) is 57.6 Å². The summed E-state index contributed by atoms with van der Waals surface area (Å²) in [6, 6.07) is 7.55. The molecule has 8 heteroatoms. The van der Waals surface area contributed by atoms with Crippen LogP contribution in [0.5, 0.6) is 0 Å². The van der Waals surface area contributed by atoms with Crippen molar-refractivity contribution >= 4 is 28.3 Å². The molecule has 2 amide bonds. The van der Waals surface area contributed by atoms with Crippen molar-refractivity contribution in [2.75, 3.05) is 19.0 Å². The number of ether oxygens (including phenoxy) is 1. The van der Waals surface area contributed by atoms with Gasteiger partial charge in [0, 0.05) is 19.2 Å². The number of anilines is 1. The van der Waals surface area contributed by atoms with E-state index in [4.69, 9.17) is 4.74 Å². The van der Waals surface area contributed by atoms with Gasteiger partial charge in [0.25, 0.3) is 5.91 Å². The monoisotopic (exact) mass is 428 g/mol. The average Bonchev–Trinajstić information content (AvgIpc) is 3.36. The summed E-state index contributed by atoms with van der Waals surface area (Å²) in [5.41, 5.74) is 0.969. The molecule has 0 unspecified atom stereocenters. The Bertz CT molecular complexity index is 936. The second-order valence-electron chi connectivity index (χ2n) is 8.56. The highest BCUT2D eigenvalue weighted by atomic mass is 32.1. The molecule has 7 nitrogen and oxygen atoms in total. The molecular weight excluding hydrogens is 400 g/mol. The second kappa shape index (κ2) is 8.43. The highest BCUT2D eigenvalue weighted by Gasteiger charge is 2.55. The van der Waals surface area contributed by atoms with Gasteiger partial charge in [0.05, 0.1) is 11.5 Å². The van der Waals surface area contributed by atoms with Crippen LogP contribution in [-0.4, -0.2) is 46.1 Å². The van der Waals surface area contributed by atoms with E-state index in [1.165, 1.54) is 11.3 Å². The number of hydrogen-bond acceptors (Lipinski definition) is 6. The Morgan fingerprint density at radius 3 is 2.73 bits per heavy atom. The zero-order valence-corrected chi connectivity index (χ0v) is 18.5. The van der Waals surface area contributed by atoms with Crippen molar-refractivity contribution in [1.82, 2.24) is 15.1 Å². The van der Waals surface area contributed by atoms with Gasteiger partial charge >= 0.3 is 0 Å². The fourth-order valence-corrected chi connectivity index (χ4v) is 5.68. The van der Waals surface area contributed by atoms with Gasteiger partial charge in [-0.05, 0) is 30.4 Å². The minimum Gasteiger partial charge on any atom is -0.377 e. The number of hydrogen-bond donors (Lipinski definition) is 1. The summed E-state index contributed by atoms with van der Waals surface area (Å²) in [7, 11) is 1.60. The Kier molecular flexibility index (Phi) is 5.88. The maximum absolute atomic E-state index is 13.7. The van der Waals surface area contributed by atoms with E-state index in [1.807, 2.05) is 29.2 Å². The molecule has 0 radical (unpaired) electrons. The SMILES string of the molecule is COCc1nnc(NC(=O)[C@H]2c3ccccc3C(=O)N(CC(C)C)C23CCCC3)s1. The van der Waals surface area contributed by atoms with Crippen LogP contribution in [0.1, 0.15) is 66.4 Å². The third-order valence-corrected chi connectivity index (χ3v) is 6.88. The quantitative estimate of drug-likeness (QED) is 0.756. The Hall–Kier alpha value is -2.32. The first-order valence-electron chi connectivity index (χ1n) is 10.5. The number of amides is 2. The molecule has 0 saturated heterocycles. The van der Waals surface area contributed by atoms with E-state index in [9.17, 15) is 9.59 Å². The van der Waals surface area contributed by atoms with Crippen molar-refractivity contribution in [3.05, 3.63) is 40.4 Å². The molecule has 2 heterocycles. The number of aromatic nitrogens is 2. The minimum absolute atomic E-state index is 0.0450. The van der Waals surface area contributed by atoms with E-state index < -0.39 is 11.5 Å². The maximum Gasteiger partial charge on any atom is 0.254 e. The van der Waals surface area contributed by atoms with Crippen LogP contribution >= 0.6 is 11.3 Å². The van der Waals surface area contributed by atoms with Crippen LogP contribution in [0.2, 0.25) is 0 Å². The van der Waals surface area contributed by atoms with Crippen molar-refractivity contribution in [1.29, 1.82) is 0 Å². The molecule has 1 spiro atoms. The van der Waals surface area contributed by atoms with Gasteiger partial charge in [0.15, 0.2) is 0 Å². The first kappa shape index (κ1) is 20.9. The van der Waals surface area contributed by atoms with Gasteiger partial charge in [-0.15, -0.1) is 10.2 Å². The molecule has 30 heavy (non-hydrogen) atoms. The summed E-state index contributed by atoms with van der Waals surface area (Å²) in [4.78, 5) is 29.1. The highest BCUT2D eigenvalue weighted by molar-refractivity contribution is 7.15. The van der Waals surface area contributed by atoms with E-state index in [2.05, 4.69) is 29.4 Å².